The Morgan fingerprint density at radius 2 is 1.53 bits per heavy atom. The molecule has 0 unspecified atom stereocenters. The van der Waals surface area contributed by atoms with Crippen LogP contribution >= 0.6 is 11.8 Å². The molecule has 0 saturated carbocycles. The van der Waals surface area contributed by atoms with Crippen LogP contribution in [-0.2, 0) is 0 Å². The molecule has 0 aliphatic carbocycles. The van der Waals surface area contributed by atoms with Gasteiger partial charge in [0.15, 0.2) is 0 Å². The Hall–Kier alpha value is -0.680. The summed E-state index contributed by atoms with van der Waals surface area (Å²) in [6.07, 6.45) is 0. The molecule has 2 rings (SSSR count). The second kappa shape index (κ2) is 6.91. The van der Waals surface area contributed by atoms with Crippen molar-refractivity contribution in [2.45, 2.75) is 4.90 Å². The SMILES string of the molecule is C=C(CSc1ccccc1)[Te]c1ccccc1. The molecule has 0 aromatic heterocycles. The van der Waals surface area contributed by atoms with E-state index >= 15 is 0 Å². The summed E-state index contributed by atoms with van der Waals surface area (Å²) in [4.78, 5) is 1.33. The third-order valence-corrected chi connectivity index (χ3v) is 6.50. The van der Waals surface area contributed by atoms with E-state index in [1.54, 1.807) is 0 Å². The van der Waals surface area contributed by atoms with Crippen molar-refractivity contribution in [2.75, 3.05) is 5.75 Å². The molecule has 2 aromatic rings. The van der Waals surface area contributed by atoms with E-state index in [0.717, 1.165) is 5.75 Å². The van der Waals surface area contributed by atoms with E-state index in [9.17, 15) is 0 Å². The fourth-order valence-electron chi connectivity index (χ4n) is 1.37. The fourth-order valence-corrected chi connectivity index (χ4v) is 4.90. The van der Waals surface area contributed by atoms with Gasteiger partial charge in [-0.1, -0.05) is 0 Å². The Labute approximate surface area is 117 Å². The van der Waals surface area contributed by atoms with Gasteiger partial charge in [0, 0.05) is 0 Å². The van der Waals surface area contributed by atoms with Gasteiger partial charge in [0.25, 0.3) is 0 Å². The van der Waals surface area contributed by atoms with Crippen molar-refractivity contribution in [3.05, 3.63) is 70.9 Å². The van der Waals surface area contributed by atoms with Crippen LogP contribution < -0.4 is 3.61 Å². The molecule has 0 N–H and O–H groups in total. The maximum absolute atomic E-state index is 4.20. The van der Waals surface area contributed by atoms with Crippen molar-refractivity contribution >= 4 is 36.3 Å². The fraction of sp³-hybridized carbons (Fsp3) is 0.0667. The number of benzene rings is 2. The Balaban J connectivity index is 1.83. The molecule has 2 heteroatoms. The van der Waals surface area contributed by atoms with Crippen molar-refractivity contribution in [3.63, 3.8) is 0 Å². The van der Waals surface area contributed by atoms with Crippen LogP contribution in [0, 0.1) is 0 Å². The van der Waals surface area contributed by atoms with Gasteiger partial charge in [-0.25, -0.2) is 0 Å². The number of hydrogen-bond acceptors (Lipinski definition) is 1. The molecule has 2 aromatic carbocycles. The van der Waals surface area contributed by atoms with Crippen LogP contribution in [0.25, 0.3) is 0 Å². The first-order valence-corrected chi connectivity index (χ1v) is 8.75. The van der Waals surface area contributed by atoms with Crippen LogP contribution in [0.3, 0.4) is 0 Å². The van der Waals surface area contributed by atoms with Gasteiger partial charge in [-0.15, -0.1) is 0 Å². The van der Waals surface area contributed by atoms with Gasteiger partial charge in [-0.2, -0.15) is 0 Å². The van der Waals surface area contributed by atoms with Crippen LogP contribution in [0.15, 0.2) is 75.8 Å². The summed E-state index contributed by atoms with van der Waals surface area (Å²) in [5.41, 5.74) is 0. The molecule has 0 spiro atoms. The number of hydrogen-bond donors (Lipinski definition) is 0. The van der Waals surface area contributed by atoms with Crippen LogP contribution in [0.2, 0.25) is 0 Å². The summed E-state index contributed by atoms with van der Waals surface area (Å²) in [6, 6.07) is 21.2. The molecule has 0 radical (unpaired) electrons. The number of thioether (sulfide) groups is 1. The number of rotatable bonds is 5. The summed E-state index contributed by atoms with van der Waals surface area (Å²) in [5, 5.41) is 0. The monoisotopic (exact) mass is 356 g/mol. The van der Waals surface area contributed by atoms with Crippen molar-refractivity contribution in [1.29, 1.82) is 0 Å². The summed E-state index contributed by atoms with van der Waals surface area (Å²) < 4.78 is 2.87. The van der Waals surface area contributed by atoms with Crippen LogP contribution in [0.5, 0.6) is 0 Å². The quantitative estimate of drug-likeness (QED) is 0.587. The van der Waals surface area contributed by atoms with Crippen LogP contribution in [0.1, 0.15) is 0 Å². The summed E-state index contributed by atoms with van der Waals surface area (Å²) >= 11 is 1.65. The minimum absolute atomic E-state index is 0.236. The molecule has 0 aliphatic heterocycles. The van der Waals surface area contributed by atoms with Gasteiger partial charge in [0.05, 0.1) is 0 Å². The predicted molar refractivity (Wildman–Crippen MR) is 78.1 cm³/mol. The van der Waals surface area contributed by atoms with E-state index in [4.69, 9.17) is 0 Å². The van der Waals surface area contributed by atoms with Crippen molar-refractivity contribution < 1.29 is 0 Å². The van der Waals surface area contributed by atoms with Gasteiger partial charge in [-0.05, 0) is 0 Å². The average molecular weight is 354 g/mol. The standard InChI is InChI=1S/C15H14STe/c1-13(17-15-10-6-3-7-11-15)12-16-14-8-4-2-5-9-14/h2-11H,1,12H2. The molecule has 0 saturated heterocycles. The van der Waals surface area contributed by atoms with E-state index in [0.29, 0.717) is 0 Å². The van der Waals surface area contributed by atoms with Gasteiger partial charge < -0.3 is 0 Å². The summed E-state index contributed by atoms with van der Waals surface area (Å²) in [6.45, 7) is 4.20. The molecule has 0 nitrogen and oxygen atoms in total. The zero-order valence-electron chi connectivity index (χ0n) is 9.50. The summed E-state index contributed by atoms with van der Waals surface area (Å²) in [5.74, 6) is 1.04. The van der Waals surface area contributed by atoms with Crippen molar-refractivity contribution in [1.82, 2.24) is 0 Å². The van der Waals surface area contributed by atoms with Gasteiger partial charge in [-0.3, -0.25) is 0 Å². The second-order valence-electron chi connectivity index (χ2n) is 3.56. The second-order valence-corrected chi connectivity index (χ2v) is 8.18. The normalized spacial score (nSPS) is 10.1. The van der Waals surface area contributed by atoms with E-state index in [1.807, 2.05) is 11.8 Å². The Kier molecular flexibility index (Phi) is 5.19. The minimum atomic E-state index is -0.236. The van der Waals surface area contributed by atoms with Gasteiger partial charge in [0.2, 0.25) is 0 Å². The zero-order chi connectivity index (χ0) is 11.9. The van der Waals surface area contributed by atoms with Crippen LogP contribution in [0.4, 0.5) is 0 Å². The molecular weight excluding hydrogens is 340 g/mol. The molecule has 17 heavy (non-hydrogen) atoms. The van der Waals surface area contributed by atoms with Crippen molar-refractivity contribution in [3.8, 4) is 0 Å². The first-order chi connectivity index (χ1) is 8.34. The Morgan fingerprint density at radius 3 is 2.18 bits per heavy atom. The molecule has 86 valence electrons. The molecule has 0 amide bonds. The first kappa shape index (κ1) is 12.8. The Morgan fingerprint density at radius 1 is 0.941 bits per heavy atom. The van der Waals surface area contributed by atoms with E-state index in [1.165, 1.54) is 12.1 Å². The first-order valence-electron chi connectivity index (χ1n) is 5.43. The molecular formula is C15H14STe. The third kappa shape index (κ3) is 4.60. The average Bonchev–Trinajstić information content (AvgIpc) is 2.39. The van der Waals surface area contributed by atoms with Crippen molar-refractivity contribution in [2.24, 2.45) is 0 Å². The van der Waals surface area contributed by atoms with Gasteiger partial charge in [0.1, 0.15) is 0 Å². The molecule has 0 fully saturated rings. The maximum atomic E-state index is 4.20. The Bertz CT molecular complexity index is 465. The van der Waals surface area contributed by atoms with E-state index in [2.05, 4.69) is 67.2 Å². The van der Waals surface area contributed by atoms with Gasteiger partial charge >= 0.3 is 118 Å². The van der Waals surface area contributed by atoms with E-state index < -0.39 is 0 Å². The molecule has 0 atom stereocenters. The third-order valence-electron chi connectivity index (χ3n) is 2.15. The zero-order valence-corrected chi connectivity index (χ0v) is 12.7. The molecule has 0 bridgehead atoms. The predicted octanol–water partition coefficient (Wildman–Crippen LogP) is 3.32. The molecule has 0 heterocycles. The topological polar surface area (TPSA) is 0 Å². The molecule has 0 aliphatic rings. The summed E-state index contributed by atoms with van der Waals surface area (Å²) in [7, 11) is 0. The van der Waals surface area contributed by atoms with Crippen LogP contribution in [-0.4, -0.2) is 26.7 Å². The van der Waals surface area contributed by atoms with E-state index in [-0.39, 0.29) is 20.9 Å².